The molecule has 120 valence electrons. The van der Waals surface area contributed by atoms with E-state index in [0.717, 1.165) is 5.82 Å². The van der Waals surface area contributed by atoms with E-state index in [1.807, 2.05) is 12.1 Å². The number of aliphatic carboxylic acids is 1. The van der Waals surface area contributed by atoms with Gasteiger partial charge in [0, 0.05) is 18.5 Å². The second kappa shape index (κ2) is 7.24. The van der Waals surface area contributed by atoms with Crippen LogP contribution >= 0.6 is 0 Å². The molecule has 2 atom stereocenters. The van der Waals surface area contributed by atoms with Crippen molar-refractivity contribution in [1.29, 1.82) is 0 Å². The zero-order valence-corrected chi connectivity index (χ0v) is 13.1. The zero-order chi connectivity index (χ0) is 16.1. The largest absolute Gasteiger partial charge is 0.481 e. The third-order valence-electron chi connectivity index (χ3n) is 4.06. The van der Waals surface area contributed by atoms with E-state index in [2.05, 4.69) is 29.0 Å². The Labute approximate surface area is 130 Å². The molecule has 1 aromatic rings. The number of hydrogen-bond donors (Lipinski definition) is 2. The van der Waals surface area contributed by atoms with Gasteiger partial charge >= 0.3 is 5.97 Å². The summed E-state index contributed by atoms with van der Waals surface area (Å²) < 4.78 is 0. The molecule has 0 aliphatic carbocycles. The van der Waals surface area contributed by atoms with E-state index in [1.54, 1.807) is 6.20 Å². The monoisotopic (exact) mass is 305 g/mol. The highest BCUT2D eigenvalue weighted by Crippen LogP contribution is 2.28. The van der Waals surface area contributed by atoms with Gasteiger partial charge in [-0.2, -0.15) is 0 Å². The fourth-order valence-electron chi connectivity index (χ4n) is 2.93. The molecule has 0 radical (unpaired) electrons. The summed E-state index contributed by atoms with van der Waals surface area (Å²) in [6.45, 7) is 4.41. The second-order valence-corrected chi connectivity index (χ2v) is 5.88. The van der Waals surface area contributed by atoms with Gasteiger partial charge in [0.25, 0.3) is 0 Å². The number of aromatic nitrogens is 1. The quantitative estimate of drug-likeness (QED) is 0.874. The van der Waals surface area contributed by atoms with Gasteiger partial charge < -0.3 is 15.3 Å². The van der Waals surface area contributed by atoms with Crippen LogP contribution in [0.25, 0.3) is 0 Å². The van der Waals surface area contributed by atoms with Crippen molar-refractivity contribution in [2.24, 2.45) is 0 Å². The summed E-state index contributed by atoms with van der Waals surface area (Å²) in [4.78, 5) is 28.8. The molecule has 2 unspecified atom stereocenters. The van der Waals surface area contributed by atoms with Crippen molar-refractivity contribution in [3.63, 3.8) is 0 Å². The Morgan fingerprint density at radius 1 is 1.27 bits per heavy atom. The number of carboxylic acids is 1. The van der Waals surface area contributed by atoms with Crippen LogP contribution in [0.15, 0.2) is 18.3 Å². The van der Waals surface area contributed by atoms with E-state index < -0.39 is 5.97 Å². The molecular weight excluding hydrogens is 282 g/mol. The number of hydrogen-bond acceptors (Lipinski definition) is 4. The first-order chi connectivity index (χ1) is 10.5. The topological polar surface area (TPSA) is 82.5 Å². The van der Waals surface area contributed by atoms with Gasteiger partial charge in [-0.15, -0.1) is 0 Å². The number of anilines is 2. The number of pyridine rings is 1. The molecule has 1 saturated heterocycles. The normalized spacial score (nSPS) is 21.5. The molecule has 0 aromatic carbocycles. The molecular formula is C16H23N3O3. The van der Waals surface area contributed by atoms with Crippen LogP contribution in [0.1, 0.15) is 46.0 Å². The van der Waals surface area contributed by atoms with Gasteiger partial charge in [-0.3, -0.25) is 9.59 Å². The fourth-order valence-corrected chi connectivity index (χ4v) is 2.93. The SMILES string of the molecule is CC1CCCC(C)N1c1ccc(NC(=O)CCC(=O)O)cn1. The first kappa shape index (κ1) is 16.3. The maximum Gasteiger partial charge on any atom is 0.303 e. The van der Waals surface area contributed by atoms with E-state index in [4.69, 9.17) is 5.11 Å². The van der Waals surface area contributed by atoms with Crippen molar-refractivity contribution >= 4 is 23.4 Å². The number of amides is 1. The first-order valence-corrected chi connectivity index (χ1v) is 7.73. The Morgan fingerprint density at radius 2 is 1.95 bits per heavy atom. The van der Waals surface area contributed by atoms with Crippen LogP contribution in [0.3, 0.4) is 0 Å². The molecule has 2 heterocycles. The van der Waals surface area contributed by atoms with Crippen LogP contribution in [-0.2, 0) is 9.59 Å². The summed E-state index contributed by atoms with van der Waals surface area (Å²) in [5.74, 6) is -0.364. The highest BCUT2D eigenvalue weighted by Gasteiger charge is 2.25. The Bertz CT molecular complexity index is 520. The van der Waals surface area contributed by atoms with E-state index in [9.17, 15) is 9.59 Å². The minimum atomic E-state index is -0.975. The fraction of sp³-hybridized carbons (Fsp3) is 0.562. The molecule has 0 saturated carbocycles. The number of rotatable bonds is 5. The predicted octanol–water partition coefficient (Wildman–Crippen LogP) is 2.65. The Hall–Kier alpha value is -2.11. The molecule has 1 aliphatic heterocycles. The van der Waals surface area contributed by atoms with Gasteiger partial charge in [-0.05, 0) is 45.2 Å². The lowest BCUT2D eigenvalue weighted by molar-refractivity contribution is -0.138. The summed E-state index contributed by atoms with van der Waals surface area (Å²) in [6.07, 6.45) is 5.01. The maximum atomic E-state index is 11.6. The van der Waals surface area contributed by atoms with E-state index in [-0.39, 0.29) is 18.7 Å². The molecule has 1 fully saturated rings. The molecule has 1 aliphatic rings. The number of carbonyl (C=O) groups is 2. The van der Waals surface area contributed by atoms with Gasteiger partial charge in [0.1, 0.15) is 5.82 Å². The summed E-state index contributed by atoms with van der Waals surface area (Å²) >= 11 is 0. The van der Waals surface area contributed by atoms with Crippen LogP contribution in [0.2, 0.25) is 0 Å². The first-order valence-electron chi connectivity index (χ1n) is 7.73. The van der Waals surface area contributed by atoms with Crippen molar-refractivity contribution in [2.75, 3.05) is 10.2 Å². The van der Waals surface area contributed by atoms with E-state index in [1.165, 1.54) is 19.3 Å². The van der Waals surface area contributed by atoms with E-state index in [0.29, 0.717) is 17.8 Å². The van der Waals surface area contributed by atoms with Gasteiger partial charge in [-0.1, -0.05) is 0 Å². The van der Waals surface area contributed by atoms with Crippen molar-refractivity contribution in [2.45, 2.75) is 58.0 Å². The molecule has 6 heteroatoms. The highest BCUT2D eigenvalue weighted by atomic mass is 16.4. The number of nitrogens with one attached hydrogen (secondary N) is 1. The minimum absolute atomic E-state index is 0.0305. The third-order valence-corrected chi connectivity index (χ3v) is 4.06. The lowest BCUT2D eigenvalue weighted by atomic mass is 9.97. The number of nitrogens with zero attached hydrogens (tertiary/aromatic N) is 2. The van der Waals surface area contributed by atoms with Crippen LogP contribution in [0.4, 0.5) is 11.5 Å². The van der Waals surface area contributed by atoms with Gasteiger partial charge in [0.2, 0.25) is 5.91 Å². The number of carboxylic acid groups (broad SMARTS) is 1. The Balaban J connectivity index is 1.98. The van der Waals surface area contributed by atoms with Gasteiger partial charge in [0.15, 0.2) is 0 Å². The lowest BCUT2D eigenvalue weighted by Gasteiger charge is -2.40. The van der Waals surface area contributed by atoms with Crippen molar-refractivity contribution in [3.05, 3.63) is 18.3 Å². The molecule has 2 N–H and O–H groups in total. The maximum absolute atomic E-state index is 11.6. The molecule has 1 aromatic heterocycles. The minimum Gasteiger partial charge on any atom is -0.481 e. The number of piperidine rings is 1. The lowest BCUT2D eigenvalue weighted by Crippen LogP contribution is -2.44. The van der Waals surface area contributed by atoms with Crippen molar-refractivity contribution in [3.8, 4) is 0 Å². The van der Waals surface area contributed by atoms with Gasteiger partial charge in [0.05, 0.1) is 18.3 Å². The van der Waals surface area contributed by atoms with Crippen molar-refractivity contribution < 1.29 is 14.7 Å². The molecule has 0 spiro atoms. The van der Waals surface area contributed by atoms with Crippen LogP contribution in [-0.4, -0.2) is 34.1 Å². The summed E-state index contributed by atoms with van der Waals surface area (Å²) in [5, 5.41) is 11.2. The molecule has 6 nitrogen and oxygen atoms in total. The van der Waals surface area contributed by atoms with Crippen LogP contribution in [0.5, 0.6) is 0 Å². The van der Waals surface area contributed by atoms with Crippen LogP contribution in [0, 0.1) is 0 Å². The summed E-state index contributed by atoms with van der Waals surface area (Å²) in [5.41, 5.74) is 0.594. The average molecular weight is 305 g/mol. The predicted molar refractivity (Wildman–Crippen MR) is 85.0 cm³/mol. The molecule has 2 rings (SSSR count). The van der Waals surface area contributed by atoms with Crippen molar-refractivity contribution in [1.82, 2.24) is 4.98 Å². The summed E-state index contributed by atoms with van der Waals surface area (Å²) in [6, 6.07) is 4.65. The summed E-state index contributed by atoms with van der Waals surface area (Å²) in [7, 11) is 0. The smallest absolute Gasteiger partial charge is 0.303 e. The van der Waals surface area contributed by atoms with Gasteiger partial charge in [-0.25, -0.2) is 4.98 Å². The molecule has 1 amide bonds. The zero-order valence-electron chi connectivity index (χ0n) is 13.1. The highest BCUT2D eigenvalue weighted by molar-refractivity contribution is 5.92. The Kier molecular flexibility index (Phi) is 5.35. The third kappa shape index (κ3) is 4.19. The van der Waals surface area contributed by atoms with Crippen LogP contribution < -0.4 is 10.2 Å². The molecule has 0 bridgehead atoms. The molecule has 22 heavy (non-hydrogen) atoms. The number of carbonyl (C=O) groups excluding carboxylic acids is 1. The van der Waals surface area contributed by atoms with E-state index >= 15 is 0 Å². The Morgan fingerprint density at radius 3 is 2.50 bits per heavy atom. The second-order valence-electron chi connectivity index (χ2n) is 5.88. The standard InChI is InChI=1S/C16H23N3O3/c1-11-4-3-5-12(2)19(11)14-7-6-13(10-17-14)18-15(20)8-9-16(21)22/h6-7,10-12H,3-5,8-9H2,1-2H3,(H,18,20)(H,21,22). The average Bonchev–Trinajstić information content (AvgIpc) is 2.47.